The Kier molecular flexibility index (Phi) is 5.85. The molecule has 0 aliphatic heterocycles. The van der Waals surface area contributed by atoms with Crippen LogP contribution in [0.2, 0.25) is 0 Å². The zero-order valence-electron chi connectivity index (χ0n) is 14.5. The number of anilines is 1. The van der Waals surface area contributed by atoms with Gasteiger partial charge in [-0.1, -0.05) is 12.1 Å². The predicted octanol–water partition coefficient (Wildman–Crippen LogP) is 3.04. The molecule has 0 amide bonds. The summed E-state index contributed by atoms with van der Waals surface area (Å²) in [5, 5.41) is 3.35. The first-order valence-corrected chi connectivity index (χ1v) is 9.22. The first kappa shape index (κ1) is 18.3. The zero-order valence-corrected chi connectivity index (χ0v) is 15.4. The molecule has 0 fully saturated rings. The summed E-state index contributed by atoms with van der Waals surface area (Å²) in [7, 11) is -0.373. The van der Waals surface area contributed by atoms with E-state index in [1.54, 1.807) is 24.3 Å². The maximum atomic E-state index is 12.0. The van der Waals surface area contributed by atoms with Gasteiger partial charge in [-0.2, -0.15) is 0 Å². The summed E-state index contributed by atoms with van der Waals surface area (Å²) in [5.41, 5.74) is 3.58. The van der Waals surface area contributed by atoms with E-state index in [2.05, 4.69) is 25.2 Å². The molecule has 5 nitrogen and oxygen atoms in total. The predicted molar refractivity (Wildman–Crippen MR) is 97.2 cm³/mol. The highest BCUT2D eigenvalue weighted by Gasteiger charge is 2.16. The largest absolute Gasteiger partial charge is 0.492 e. The van der Waals surface area contributed by atoms with Crippen molar-refractivity contribution in [1.82, 2.24) is 4.31 Å². The summed E-state index contributed by atoms with van der Waals surface area (Å²) in [6.07, 6.45) is 0. The monoisotopic (exact) mass is 348 g/mol. The van der Waals surface area contributed by atoms with Crippen LogP contribution in [0.3, 0.4) is 0 Å². The van der Waals surface area contributed by atoms with Crippen LogP contribution in [-0.2, 0) is 10.0 Å². The standard InChI is InChI=1S/C18H24N2O3S/c1-14-6-5-7-18(15(14)2)19-12-13-23-16-8-10-17(11-9-16)24(21,22)20(3)4/h5-11,19H,12-13H2,1-4H3. The number of ether oxygens (including phenoxy) is 1. The van der Waals surface area contributed by atoms with Crippen molar-refractivity contribution in [2.45, 2.75) is 18.7 Å². The van der Waals surface area contributed by atoms with Gasteiger partial charge >= 0.3 is 0 Å². The minimum absolute atomic E-state index is 0.258. The van der Waals surface area contributed by atoms with Crippen molar-refractivity contribution in [3.05, 3.63) is 53.6 Å². The summed E-state index contributed by atoms with van der Waals surface area (Å²) in [4.78, 5) is 0.258. The van der Waals surface area contributed by atoms with Crippen LogP contribution in [0.1, 0.15) is 11.1 Å². The van der Waals surface area contributed by atoms with Gasteiger partial charge in [-0.15, -0.1) is 0 Å². The quantitative estimate of drug-likeness (QED) is 0.782. The number of hydrogen-bond acceptors (Lipinski definition) is 4. The van der Waals surface area contributed by atoms with Gasteiger partial charge in [-0.3, -0.25) is 0 Å². The van der Waals surface area contributed by atoms with Crippen LogP contribution >= 0.6 is 0 Å². The average molecular weight is 348 g/mol. The Morgan fingerprint density at radius 1 is 1.04 bits per heavy atom. The third kappa shape index (κ3) is 4.27. The van der Waals surface area contributed by atoms with Crippen LogP contribution in [0, 0.1) is 13.8 Å². The van der Waals surface area contributed by atoms with Crippen molar-refractivity contribution in [2.24, 2.45) is 0 Å². The molecule has 0 heterocycles. The van der Waals surface area contributed by atoms with E-state index < -0.39 is 10.0 Å². The second kappa shape index (κ2) is 7.68. The van der Waals surface area contributed by atoms with Crippen LogP contribution in [0.4, 0.5) is 5.69 Å². The second-order valence-corrected chi connectivity index (χ2v) is 7.93. The van der Waals surface area contributed by atoms with Gasteiger partial charge in [-0.25, -0.2) is 12.7 Å². The summed E-state index contributed by atoms with van der Waals surface area (Å²) >= 11 is 0. The highest BCUT2D eigenvalue weighted by molar-refractivity contribution is 7.89. The average Bonchev–Trinajstić information content (AvgIpc) is 2.55. The first-order valence-electron chi connectivity index (χ1n) is 7.78. The molecule has 130 valence electrons. The minimum atomic E-state index is -3.40. The summed E-state index contributed by atoms with van der Waals surface area (Å²) in [6, 6.07) is 12.6. The van der Waals surface area contributed by atoms with Crippen LogP contribution in [-0.4, -0.2) is 40.0 Å². The van der Waals surface area contributed by atoms with E-state index >= 15 is 0 Å². The van der Waals surface area contributed by atoms with E-state index in [1.165, 1.54) is 29.5 Å². The van der Waals surface area contributed by atoms with Crippen molar-refractivity contribution in [2.75, 3.05) is 32.6 Å². The van der Waals surface area contributed by atoms with Gasteiger partial charge in [0.15, 0.2) is 0 Å². The van der Waals surface area contributed by atoms with Crippen LogP contribution < -0.4 is 10.1 Å². The van der Waals surface area contributed by atoms with Crippen molar-refractivity contribution in [1.29, 1.82) is 0 Å². The molecular formula is C18H24N2O3S. The Labute approximate surface area is 144 Å². The summed E-state index contributed by atoms with van der Waals surface area (Å²) < 4.78 is 30.8. The van der Waals surface area contributed by atoms with E-state index in [9.17, 15) is 8.42 Å². The van der Waals surface area contributed by atoms with Gasteiger partial charge in [0.1, 0.15) is 12.4 Å². The molecule has 1 N–H and O–H groups in total. The maximum Gasteiger partial charge on any atom is 0.242 e. The van der Waals surface area contributed by atoms with Gasteiger partial charge in [0.25, 0.3) is 0 Å². The lowest BCUT2D eigenvalue weighted by atomic mass is 10.1. The SMILES string of the molecule is Cc1cccc(NCCOc2ccc(S(=O)(=O)N(C)C)cc2)c1C. The summed E-state index contributed by atoms with van der Waals surface area (Å²) in [5.74, 6) is 0.649. The fourth-order valence-corrected chi connectivity index (χ4v) is 3.12. The molecule has 24 heavy (non-hydrogen) atoms. The third-order valence-corrected chi connectivity index (χ3v) is 5.72. The lowest BCUT2D eigenvalue weighted by molar-refractivity contribution is 0.332. The van der Waals surface area contributed by atoms with Gasteiger partial charge in [0, 0.05) is 26.3 Å². The van der Waals surface area contributed by atoms with E-state index in [0.29, 0.717) is 18.9 Å². The number of nitrogens with one attached hydrogen (secondary N) is 1. The zero-order chi connectivity index (χ0) is 17.7. The topological polar surface area (TPSA) is 58.6 Å². The van der Waals surface area contributed by atoms with E-state index in [0.717, 1.165) is 5.69 Å². The van der Waals surface area contributed by atoms with Gasteiger partial charge < -0.3 is 10.1 Å². The lowest BCUT2D eigenvalue weighted by Gasteiger charge is -2.13. The molecule has 0 aliphatic carbocycles. The van der Waals surface area contributed by atoms with Crippen molar-refractivity contribution in [3.63, 3.8) is 0 Å². The van der Waals surface area contributed by atoms with Gasteiger partial charge in [0.05, 0.1) is 4.90 Å². The Morgan fingerprint density at radius 3 is 2.33 bits per heavy atom. The van der Waals surface area contributed by atoms with E-state index in [-0.39, 0.29) is 4.90 Å². The molecule has 2 aromatic rings. The first-order chi connectivity index (χ1) is 11.3. The molecule has 0 radical (unpaired) electrons. The molecule has 0 aliphatic rings. The lowest BCUT2D eigenvalue weighted by Crippen LogP contribution is -2.22. The van der Waals surface area contributed by atoms with Gasteiger partial charge in [0.2, 0.25) is 10.0 Å². The van der Waals surface area contributed by atoms with Gasteiger partial charge in [-0.05, 0) is 55.3 Å². The van der Waals surface area contributed by atoms with E-state index in [4.69, 9.17) is 4.74 Å². The Bertz CT molecular complexity index is 784. The second-order valence-electron chi connectivity index (χ2n) is 5.78. The number of benzene rings is 2. The molecule has 0 saturated heterocycles. The third-order valence-electron chi connectivity index (χ3n) is 3.89. The maximum absolute atomic E-state index is 12.0. The van der Waals surface area contributed by atoms with Crippen LogP contribution in [0.25, 0.3) is 0 Å². The minimum Gasteiger partial charge on any atom is -0.492 e. The molecule has 0 atom stereocenters. The Hall–Kier alpha value is -2.05. The molecule has 2 rings (SSSR count). The fourth-order valence-electron chi connectivity index (χ4n) is 2.22. The molecule has 0 spiro atoms. The molecule has 0 bridgehead atoms. The van der Waals surface area contributed by atoms with Crippen molar-refractivity contribution in [3.8, 4) is 5.75 Å². The molecule has 0 aromatic heterocycles. The highest BCUT2D eigenvalue weighted by Crippen LogP contribution is 2.19. The number of rotatable bonds is 7. The normalized spacial score (nSPS) is 11.5. The molecule has 6 heteroatoms. The van der Waals surface area contributed by atoms with Crippen LogP contribution in [0.5, 0.6) is 5.75 Å². The molecule has 0 unspecified atom stereocenters. The smallest absolute Gasteiger partial charge is 0.242 e. The van der Waals surface area contributed by atoms with E-state index in [1.807, 2.05) is 12.1 Å². The molecule has 2 aromatic carbocycles. The van der Waals surface area contributed by atoms with Crippen molar-refractivity contribution >= 4 is 15.7 Å². The molecular weight excluding hydrogens is 324 g/mol. The Balaban J connectivity index is 1.88. The fraction of sp³-hybridized carbons (Fsp3) is 0.333. The number of nitrogens with zero attached hydrogens (tertiary/aromatic N) is 1. The summed E-state index contributed by atoms with van der Waals surface area (Å²) in [6.45, 7) is 5.33. The van der Waals surface area contributed by atoms with Crippen LogP contribution in [0.15, 0.2) is 47.4 Å². The number of aryl methyl sites for hydroxylation is 1. The number of hydrogen-bond donors (Lipinski definition) is 1. The van der Waals surface area contributed by atoms with Crippen molar-refractivity contribution < 1.29 is 13.2 Å². The molecule has 0 saturated carbocycles. The Morgan fingerprint density at radius 2 is 1.71 bits per heavy atom. The number of sulfonamides is 1. The highest BCUT2D eigenvalue weighted by atomic mass is 32.2.